The van der Waals surface area contributed by atoms with E-state index in [1.165, 1.54) is 0 Å². The Balaban J connectivity index is 2.32. The number of pyridine rings is 1. The fourth-order valence-electron chi connectivity index (χ4n) is 1.16. The fraction of sp³-hybridized carbons (Fsp3) is 0.400. The molecule has 4 N–H and O–H groups in total. The number of nitrogens with one attached hydrogen (secondary N) is 2. The van der Waals surface area contributed by atoms with Crippen LogP contribution in [0.3, 0.4) is 0 Å². The first kappa shape index (κ1) is 11.3. The number of anilines is 2. The summed E-state index contributed by atoms with van der Waals surface area (Å²) < 4.78 is 0. The molecule has 0 saturated carbocycles. The summed E-state index contributed by atoms with van der Waals surface area (Å²) in [6, 6.07) is 3.63. The molecule has 0 aliphatic carbocycles. The summed E-state index contributed by atoms with van der Waals surface area (Å²) in [7, 11) is 0. The molecule has 1 aromatic heterocycles. The molecule has 5 nitrogen and oxygen atoms in total. The maximum atomic E-state index is 11.1. The lowest BCUT2D eigenvalue weighted by Crippen LogP contribution is -2.24. The topological polar surface area (TPSA) is 80.0 Å². The van der Waals surface area contributed by atoms with E-state index >= 15 is 0 Å². The van der Waals surface area contributed by atoms with Gasteiger partial charge in [-0.15, -0.1) is 0 Å². The van der Waals surface area contributed by atoms with Crippen molar-refractivity contribution in [1.29, 1.82) is 0 Å². The summed E-state index contributed by atoms with van der Waals surface area (Å²) in [6.07, 6.45) is 2.06. The zero-order valence-corrected chi connectivity index (χ0v) is 8.79. The standard InChI is InChI=1S/C10H16N4O/c1-2-12-9(15)5-7-13-8-4-3-6-14-10(8)11/h3-4,6,13H,2,5,7H2,1H3,(H2,11,14)(H,12,15). The SMILES string of the molecule is CCNC(=O)CCNc1cccnc1N. The van der Waals surface area contributed by atoms with Gasteiger partial charge in [0.1, 0.15) is 5.82 Å². The summed E-state index contributed by atoms with van der Waals surface area (Å²) in [6.45, 7) is 3.11. The average molecular weight is 208 g/mol. The Kier molecular flexibility index (Phi) is 4.40. The third kappa shape index (κ3) is 3.84. The van der Waals surface area contributed by atoms with E-state index in [2.05, 4.69) is 15.6 Å². The quantitative estimate of drug-likeness (QED) is 0.662. The molecule has 1 aromatic rings. The highest BCUT2D eigenvalue weighted by atomic mass is 16.1. The largest absolute Gasteiger partial charge is 0.382 e. The maximum absolute atomic E-state index is 11.1. The van der Waals surface area contributed by atoms with Crippen LogP contribution in [-0.2, 0) is 4.79 Å². The molecule has 0 radical (unpaired) electrons. The van der Waals surface area contributed by atoms with Gasteiger partial charge in [0, 0.05) is 25.7 Å². The lowest BCUT2D eigenvalue weighted by atomic mass is 10.3. The van der Waals surface area contributed by atoms with E-state index in [9.17, 15) is 4.79 Å². The number of nitrogens with zero attached hydrogens (tertiary/aromatic N) is 1. The van der Waals surface area contributed by atoms with Gasteiger partial charge in [0.05, 0.1) is 5.69 Å². The van der Waals surface area contributed by atoms with E-state index in [0.717, 1.165) is 5.69 Å². The van der Waals surface area contributed by atoms with Gasteiger partial charge < -0.3 is 16.4 Å². The molecule has 0 unspecified atom stereocenters. The van der Waals surface area contributed by atoms with Crippen LogP contribution in [0.5, 0.6) is 0 Å². The molecule has 0 fully saturated rings. The summed E-state index contributed by atoms with van der Waals surface area (Å²) in [4.78, 5) is 15.0. The first-order chi connectivity index (χ1) is 7.24. The van der Waals surface area contributed by atoms with Gasteiger partial charge in [-0.25, -0.2) is 4.98 Å². The molecule has 0 aliphatic heterocycles. The highest BCUT2D eigenvalue weighted by Crippen LogP contribution is 2.12. The molecule has 0 saturated heterocycles. The van der Waals surface area contributed by atoms with Crippen molar-refractivity contribution in [3.8, 4) is 0 Å². The van der Waals surface area contributed by atoms with Gasteiger partial charge >= 0.3 is 0 Å². The number of amides is 1. The predicted molar refractivity (Wildman–Crippen MR) is 60.4 cm³/mol. The second kappa shape index (κ2) is 5.85. The van der Waals surface area contributed by atoms with E-state index < -0.39 is 0 Å². The van der Waals surface area contributed by atoms with Gasteiger partial charge in [0.2, 0.25) is 5.91 Å². The van der Waals surface area contributed by atoms with Crippen LogP contribution in [0.25, 0.3) is 0 Å². The minimum Gasteiger partial charge on any atom is -0.382 e. The molecular weight excluding hydrogens is 192 g/mol. The van der Waals surface area contributed by atoms with E-state index in [1.807, 2.05) is 13.0 Å². The normalized spacial score (nSPS) is 9.67. The average Bonchev–Trinajstić information content (AvgIpc) is 2.21. The van der Waals surface area contributed by atoms with Gasteiger partial charge in [0.25, 0.3) is 0 Å². The molecule has 1 amide bonds. The molecule has 0 bridgehead atoms. The Morgan fingerprint density at radius 2 is 2.40 bits per heavy atom. The van der Waals surface area contributed by atoms with Crippen molar-refractivity contribution in [2.45, 2.75) is 13.3 Å². The molecule has 82 valence electrons. The second-order valence-electron chi connectivity index (χ2n) is 3.07. The summed E-state index contributed by atoms with van der Waals surface area (Å²) >= 11 is 0. The smallest absolute Gasteiger partial charge is 0.221 e. The minimum atomic E-state index is 0.0347. The molecule has 15 heavy (non-hydrogen) atoms. The monoisotopic (exact) mass is 208 g/mol. The number of hydrogen-bond donors (Lipinski definition) is 3. The Bertz CT molecular complexity index is 327. The van der Waals surface area contributed by atoms with Gasteiger partial charge in [0.15, 0.2) is 0 Å². The molecule has 5 heteroatoms. The Labute approximate surface area is 89.1 Å². The van der Waals surface area contributed by atoms with Crippen molar-refractivity contribution in [3.05, 3.63) is 18.3 Å². The number of nitrogen functional groups attached to an aromatic ring is 1. The molecule has 0 aliphatic rings. The van der Waals surface area contributed by atoms with Crippen LogP contribution in [0.1, 0.15) is 13.3 Å². The van der Waals surface area contributed by atoms with Crippen LogP contribution < -0.4 is 16.4 Å². The van der Waals surface area contributed by atoms with Crippen molar-refractivity contribution >= 4 is 17.4 Å². The van der Waals surface area contributed by atoms with Gasteiger partial charge in [-0.3, -0.25) is 4.79 Å². The zero-order chi connectivity index (χ0) is 11.1. The van der Waals surface area contributed by atoms with E-state index in [4.69, 9.17) is 5.73 Å². The van der Waals surface area contributed by atoms with Gasteiger partial charge in [-0.05, 0) is 19.1 Å². The van der Waals surface area contributed by atoms with Gasteiger partial charge in [-0.1, -0.05) is 0 Å². The van der Waals surface area contributed by atoms with E-state index in [-0.39, 0.29) is 5.91 Å². The number of carbonyl (C=O) groups is 1. The number of rotatable bonds is 5. The van der Waals surface area contributed by atoms with E-state index in [1.54, 1.807) is 12.3 Å². The molecule has 1 heterocycles. The number of aromatic nitrogens is 1. The van der Waals surface area contributed by atoms with E-state index in [0.29, 0.717) is 25.3 Å². The number of hydrogen-bond acceptors (Lipinski definition) is 4. The lowest BCUT2D eigenvalue weighted by molar-refractivity contribution is -0.120. The van der Waals surface area contributed by atoms with Crippen LogP contribution in [0.2, 0.25) is 0 Å². The molecule has 0 aromatic carbocycles. The summed E-state index contributed by atoms with van der Waals surface area (Å²) in [5.74, 6) is 0.487. The first-order valence-electron chi connectivity index (χ1n) is 4.95. The zero-order valence-electron chi connectivity index (χ0n) is 8.79. The first-order valence-corrected chi connectivity index (χ1v) is 4.95. The lowest BCUT2D eigenvalue weighted by Gasteiger charge is -2.07. The second-order valence-corrected chi connectivity index (χ2v) is 3.07. The third-order valence-electron chi connectivity index (χ3n) is 1.88. The minimum absolute atomic E-state index is 0.0347. The third-order valence-corrected chi connectivity index (χ3v) is 1.88. The van der Waals surface area contributed by atoms with Crippen LogP contribution in [0, 0.1) is 0 Å². The van der Waals surface area contributed by atoms with Crippen LogP contribution in [-0.4, -0.2) is 24.0 Å². The van der Waals surface area contributed by atoms with Crippen LogP contribution >= 0.6 is 0 Å². The highest BCUT2D eigenvalue weighted by molar-refractivity contribution is 5.76. The summed E-state index contributed by atoms with van der Waals surface area (Å²) in [5.41, 5.74) is 6.39. The van der Waals surface area contributed by atoms with Crippen molar-refractivity contribution in [1.82, 2.24) is 10.3 Å². The fourth-order valence-corrected chi connectivity index (χ4v) is 1.16. The Morgan fingerprint density at radius 1 is 1.60 bits per heavy atom. The maximum Gasteiger partial charge on any atom is 0.221 e. The molecular formula is C10H16N4O. The molecule has 0 atom stereocenters. The van der Waals surface area contributed by atoms with Crippen LogP contribution in [0.4, 0.5) is 11.5 Å². The predicted octanol–water partition coefficient (Wildman–Crippen LogP) is 0.602. The Hall–Kier alpha value is -1.78. The number of carbonyl (C=O) groups excluding carboxylic acids is 1. The highest BCUT2D eigenvalue weighted by Gasteiger charge is 2.00. The Morgan fingerprint density at radius 3 is 3.07 bits per heavy atom. The van der Waals surface area contributed by atoms with Crippen molar-refractivity contribution in [2.75, 3.05) is 24.1 Å². The van der Waals surface area contributed by atoms with Crippen molar-refractivity contribution in [2.24, 2.45) is 0 Å². The van der Waals surface area contributed by atoms with Crippen molar-refractivity contribution < 1.29 is 4.79 Å². The van der Waals surface area contributed by atoms with Crippen molar-refractivity contribution in [3.63, 3.8) is 0 Å². The number of nitrogens with two attached hydrogens (primary N) is 1. The molecule has 1 rings (SSSR count). The van der Waals surface area contributed by atoms with Crippen LogP contribution in [0.15, 0.2) is 18.3 Å². The molecule has 0 spiro atoms. The summed E-state index contributed by atoms with van der Waals surface area (Å²) in [5, 5.41) is 5.77. The van der Waals surface area contributed by atoms with Gasteiger partial charge in [-0.2, -0.15) is 0 Å².